The van der Waals surface area contributed by atoms with Crippen LogP contribution in [0.15, 0.2) is 48.5 Å². The first-order chi connectivity index (χ1) is 14.7. The smallest absolute Gasteiger partial charge is 0.411 e. The van der Waals surface area contributed by atoms with Gasteiger partial charge in [0.05, 0.1) is 11.6 Å². The van der Waals surface area contributed by atoms with Crippen LogP contribution in [0.2, 0.25) is 0 Å². The second-order valence-corrected chi connectivity index (χ2v) is 8.32. The third kappa shape index (κ3) is 2.54. The maximum absolute atomic E-state index is 13.1. The predicted octanol–water partition coefficient (Wildman–Crippen LogP) is 3.29. The number of carbonyl (C=O) groups excluding carboxylic acids is 2. The van der Waals surface area contributed by atoms with Crippen molar-refractivity contribution in [3.63, 3.8) is 0 Å². The first-order valence-electron chi connectivity index (χ1n) is 10.5. The number of hydrogen-bond acceptors (Lipinski definition) is 4. The van der Waals surface area contributed by atoms with E-state index in [-0.39, 0.29) is 30.2 Å². The van der Waals surface area contributed by atoms with Crippen molar-refractivity contribution in [1.29, 1.82) is 0 Å². The zero-order valence-electron chi connectivity index (χ0n) is 16.5. The molecule has 0 unspecified atom stereocenters. The topological polar surface area (TPSA) is 78.5 Å². The number of hydrogen-bond donors (Lipinski definition) is 1. The Labute approximate surface area is 173 Å². The van der Waals surface area contributed by atoms with E-state index in [1.165, 1.54) is 11.1 Å². The van der Waals surface area contributed by atoms with Gasteiger partial charge in [-0.05, 0) is 30.0 Å². The molecule has 7 heteroatoms. The number of benzene rings is 2. The molecule has 1 N–H and O–H groups in total. The molecule has 2 fully saturated rings. The molecule has 1 aliphatic carbocycles. The highest BCUT2D eigenvalue weighted by atomic mass is 16.6. The number of aromatic nitrogens is 2. The van der Waals surface area contributed by atoms with E-state index in [1.54, 1.807) is 0 Å². The maximum Gasteiger partial charge on any atom is 0.411 e. The summed E-state index contributed by atoms with van der Waals surface area (Å²) in [6.45, 7) is 1.21. The first-order valence-corrected chi connectivity index (χ1v) is 10.5. The summed E-state index contributed by atoms with van der Waals surface area (Å²) in [5, 5.41) is 8.03. The van der Waals surface area contributed by atoms with Crippen LogP contribution in [0.1, 0.15) is 40.5 Å². The van der Waals surface area contributed by atoms with Crippen LogP contribution < -0.4 is 0 Å². The van der Waals surface area contributed by atoms with E-state index in [0.29, 0.717) is 18.8 Å². The molecule has 3 aromatic rings. The van der Waals surface area contributed by atoms with Crippen LogP contribution in [0.4, 0.5) is 4.79 Å². The highest BCUT2D eigenvalue weighted by Crippen LogP contribution is 2.44. The summed E-state index contributed by atoms with van der Waals surface area (Å²) >= 11 is 0. The zero-order valence-corrected chi connectivity index (χ0v) is 16.5. The molecule has 2 atom stereocenters. The Morgan fingerprint density at radius 1 is 1.07 bits per heavy atom. The number of H-pyrrole nitrogens is 1. The number of nitrogens with zero attached hydrogens (tertiary/aromatic N) is 3. The molecule has 0 bridgehead atoms. The lowest BCUT2D eigenvalue weighted by Gasteiger charge is -2.37. The Bertz CT molecular complexity index is 1150. The molecule has 2 amide bonds. The number of para-hydroxylation sites is 1. The minimum Gasteiger partial charge on any atom is -0.443 e. The quantitative estimate of drug-likeness (QED) is 0.714. The van der Waals surface area contributed by atoms with Gasteiger partial charge in [0.2, 0.25) is 0 Å². The normalized spacial score (nSPS) is 23.5. The van der Waals surface area contributed by atoms with Gasteiger partial charge in [-0.2, -0.15) is 5.10 Å². The average Bonchev–Trinajstić information content (AvgIpc) is 3.44. The van der Waals surface area contributed by atoms with Crippen molar-refractivity contribution in [2.24, 2.45) is 0 Å². The highest BCUT2D eigenvalue weighted by Gasteiger charge is 2.50. The van der Waals surface area contributed by atoms with Gasteiger partial charge in [-0.1, -0.05) is 42.5 Å². The number of aromatic amines is 1. The number of piperidine rings is 1. The fourth-order valence-electron chi connectivity index (χ4n) is 5.28. The van der Waals surface area contributed by atoms with E-state index in [2.05, 4.69) is 22.3 Å². The molecule has 2 aromatic carbocycles. The van der Waals surface area contributed by atoms with Gasteiger partial charge < -0.3 is 9.64 Å². The Kier molecular flexibility index (Phi) is 3.84. The second kappa shape index (κ2) is 6.58. The van der Waals surface area contributed by atoms with Crippen LogP contribution in [0.25, 0.3) is 10.9 Å². The average molecular weight is 402 g/mol. The van der Waals surface area contributed by atoms with E-state index in [0.717, 1.165) is 30.2 Å². The summed E-state index contributed by atoms with van der Waals surface area (Å²) < 4.78 is 5.71. The zero-order chi connectivity index (χ0) is 20.2. The van der Waals surface area contributed by atoms with Crippen molar-refractivity contribution in [3.8, 4) is 0 Å². The van der Waals surface area contributed by atoms with Gasteiger partial charge in [-0.15, -0.1) is 0 Å². The summed E-state index contributed by atoms with van der Waals surface area (Å²) in [5.41, 5.74) is 3.80. The molecule has 30 heavy (non-hydrogen) atoms. The van der Waals surface area contributed by atoms with Crippen molar-refractivity contribution in [2.45, 2.75) is 37.5 Å². The fraction of sp³-hybridized carbons (Fsp3) is 0.348. The minimum atomic E-state index is -0.220. The van der Waals surface area contributed by atoms with Gasteiger partial charge >= 0.3 is 6.09 Å². The number of likely N-dealkylation sites (tertiary alicyclic amines) is 1. The summed E-state index contributed by atoms with van der Waals surface area (Å²) in [5.74, 6) is -0.0565. The molecule has 6 rings (SSSR count). The van der Waals surface area contributed by atoms with Crippen molar-refractivity contribution >= 4 is 22.9 Å². The maximum atomic E-state index is 13.1. The van der Waals surface area contributed by atoms with Crippen molar-refractivity contribution in [2.75, 3.05) is 13.1 Å². The molecule has 152 valence electrons. The number of carbonyl (C=O) groups is 2. The van der Waals surface area contributed by atoms with Gasteiger partial charge in [0.15, 0.2) is 5.69 Å². The predicted molar refractivity (Wildman–Crippen MR) is 110 cm³/mol. The lowest BCUT2D eigenvalue weighted by atomic mass is 9.99. The lowest BCUT2D eigenvalue weighted by molar-refractivity contribution is 0.0632. The molecule has 0 radical (unpaired) electrons. The van der Waals surface area contributed by atoms with E-state index >= 15 is 0 Å². The summed E-state index contributed by atoms with van der Waals surface area (Å²) in [6.07, 6.45) is 1.96. The van der Waals surface area contributed by atoms with E-state index in [4.69, 9.17) is 4.74 Å². The molecule has 7 nitrogen and oxygen atoms in total. The van der Waals surface area contributed by atoms with E-state index in [1.807, 2.05) is 46.2 Å². The van der Waals surface area contributed by atoms with Crippen LogP contribution in [0, 0.1) is 0 Å². The molecule has 0 spiro atoms. The molecular weight excluding hydrogens is 380 g/mol. The number of fused-ring (bicyclic) bond motifs is 4. The lowest BCUT2D eigenvalue weighted by Crippen LogP contribution is -2.48. The minimum absolute atomic E-state index is 0.00349. The highest BCUT2D eigenvalue weighted by molar-refractivity contribution is 6.04. The molecule has 3 aliphatic rings. The van der Waals surface area contributed by atoms with Crippen LogP contribution in [-0.4, -0.2) is 57.2 Å². The molecule has 2 saturated heterocycles. The number of ether oxygens (including phenoxy) is 1. The van der Waals surface area contributed by atoms with E-state index < -0.39 is 0 Å². The van der Waals surface area contributed by atoms with Gasteiger partial charge in [-0.3, -0.25) is 14.8 Å². The van der Waals surface area contributed by atoms with Crippen molar-refractivity contribution in [3.05, 3.63) is 65.4 Å². The third-order valence-corrected chi connectivity index (χ3v) is 6.73. The monoisotopic (exact) mass is 402 g/mol. The third-order valence-electron chi connectivity index (χ3n) is 6.73. The standard InChI is InChI=1S/C23H22N4O3/c28-22(20-17-7-3-4-8-18(17)24-25-20)26-11-9-15(10-12-26)27-21-16-6-2-1-5-14(16)13-19(21)30-23(27)29/h1-8,15,19,21H,9-13H2,(H,24,25)/t19-,21+/m1/s1. The van der Waals surface area contributed by atoms with Crippen molar-refractivity contribution in [1.82, 2.24) is 20.0 Å². The number of amides is 2. The molecule has 1 aromatic heterocycles. The van der Waals surface area contributed by atoms with Crippen LogP contribution in [-0.2, 0) is 11.2 Å². The summed E-state index contributed by atoms with van der Waals surface area (Å²) in [7, 11) is 0. The Balaban J connectivity index is 1.19. The Morgan fingerprint density at radius 2 is 1.83 bits per heavy atom. The Hall–Kier alpha value is -3.35. The number of rotatable bonds is 2. The fourth-order valence-corrected chi connectivity index (χ4v) is 5.28. The number of nitrogens with one attached hydrogen (secondary N) is 1. The molecule has 0 saturated carbocycles. The van der Waals surface area contributed by atoms with Crippen LogP contribution >= 0.6 is 0 Å². The SMILES string of the molecule is O=C(c1n[nH]c2ccccc12)N1CCC(N2C(=O)O[C@@H]3Cc4ccccc4[C@@H]32)CC1. The van der Waals surface area contributed by atoms with Gasteiger partial charge in [0, 0.05) is 30.9 Å². The molecule has 2 aliphatic heterocycles. The summed E-state index contributed by atoms with van der Waals surface area (Å²) in [4.78, 5) is 29.5. The van der Waals surface area contributed by atoms with E-state index in [9.17, 15) is 9.59 Å². The van der Waals surface area contributed by atoms with Crippen LogP contribution in [0.3, 0.4) is 0 Å². The Morgan fingerprint density at radius 3 is 2.70 bits per heavy atom. The molecular formula is C23H22N4O3. The summed E-state index contributed by atoms with van der Waals surface area (Å²) in [6, 6.07) is 16.0. The van der Waals surface area contributed by atoms with Gasteiger partial charge in [-0.25, -0.2) is 4.79 Å². The largest absolute Gasteiger partial charge is 0.443 e. The van der Waals surface area contributed by atoms with Crippen molar-refractivity contribution < 1.29 is 14.3 Å². The molecule has 3 heterocycles. The van der Waals surface area contributed by atoms with Gasteiger partial charge in [0.25, 0.3) is 5.91 Å². The second-order valence-electron chi connectivity index (χ2n) is 8.32. The van der Waals surface area contributed by atoms with Gasteiger partial charge in [0.1, 0.15) is 6.10 Å². The first kappa shape index (κ1) is 17.5. The van der Waals surface area contributed by atoms with Crippen LogP contribution in [0.5, 0.6) is 0 Å².